The number of piperidine rings is 1. The number of likely N-dealkylation sites (tertiary alicyclic amines) is 1. The number of hydrogen-bond donors (Lipinski definition) is 5. The van der Waals surface area contributed by atoms with Crippen LogP contribution < -0.4 is 11.0 Å². The minimum atomic E-state index is -0.359. The number of amides is 1. The van der Waals surface area contributed by atoms with Crippen LogP contribution in [-0.4, -0.2) is 67.8 Å². The second kappa shape index (κ2) is 12.7. The maximum atomic E-state index is 11.9. The van der Waals surface area contributed by atoms with E-state index in [1.54, 1.807) is 0 Å². The van der Waals surface area contributed by atoms with Crippen molar-refractivity contribution in [3.8, 4) is 0 Å². The van der Waals surface area contributed by atoms with Gasteiger partial charge in [0.15, 0.2) is 0 Å². The lowest BCUT2D eigenvalue weighted by Crippen LogP contribution is -2.48. The summed E-state index contributed by atoms with van der Waals surface area (Å²) in [6.45, 7) is 4.47. The highest BCUT2D eigenvalue weighted by Gasteiger charge is 2.26. The highest BCUT2D eigenvalue weighted by molar-refractivity contribution is 5.78. The van der Waals surface area contributed by atoms with Crippen LogP contribution in [0.2, 0.25) is 0 Å². The Bertz CT molecular complexity index is 556. The zero-order valence-electron chi connectivity index (χ0n) is 14.3. The average molecular weight is 359 g/mol. The van der Waals surface area contributed by atoms with Gasteiger partial charge in [-0.15, -0.1) is 0 Å². The number of carbonyl (C=O) groups is 3. The van der Waals surface area contributed by atoms with Gasteiger partial charge in [0.25, 0.3) is 12.9 Å². The third-order valence-corrected chi connectivity index (χ3v) is 3.71. The number of nitrogens with one attached hydrogen (secondary N) is 3. The quantitative estimate of drug-likeness (QED) is 0.443. The zero-order chi connectivity index (χ0) is 19.2. The van der Waals surface area contributed by atoms with E-state index in [2.05, 4.69) is 39.2 Å². The van der Waals surface area contributed by atoms with Crippen molar-refractivity contribution in [3.05, 3.63) is 16.3 Å². The second-order valence-electron chi connectivity index (χ2n) is 5.41. The number of aromatic nitrogens is 3. The number of aromatic amines is 2. The number of carboxylic acid groups (broad SMARTS) is 2. The highest BCUT2D eigenvalue weighted by atomic mass is 16.3. The summed E-state index contributed by atoms with van der Waals surface area (Å²) < 4.78 is 0. The molecule has 1 fully saturated rings. The maximum Gasteiger partial charge on any atom is 0.340 e. The summed E-state index contributed by atoms with van der Waals surface area (Å²) in [6, 6.07) is 0.888. The van der Waals surface area contributed by atoms with Crippen molar-refractivity contribution in [1.82, 2.24) is 25.4 Å². The standard InChI is InChI=1S/C12H21N5O2.2CH2O2/c1-8-4-3-5-9(2)17(8)7-11(18)13-6-10-14-12(19)16-15-10;2*2-1-3/h8-9H,3-7H2,1-2H3,(H,13,18)(H2,14,15,16,19);2*1H,(H,2,3)/t8-,9+;;. The van der Waals surface area contributed by atoms with Crippen LogP contribution in [0.15, 0.2) is 4.79 Å². The monoisotopic (exact) mass is 359 g/mol. The Balaban J connectivity index is 0.000000844. The number of nitrogens with zero attached hydrogens (tertiary/aromatic N) is 2. The molecule has 11 heteroatoms. The lowest BCUT2D eigenvalue weighted by molar-refractivity contribution is -0.124. The van der Waals surface area contributed by atoms with Gasteiger partial charge in [0.2, 0.25) is 5.91 Å². The number of carbonyl (C=O) groups excluding carboxylic acids is 1. The molecule has 1 amide bonds. The van der Waals surface area contributed by atoms with Crippen LogP contribution in [0.25, 0.3) is 0 Å². The van der Waals surface area contributed by atoms with Gasteiger partial charge in [-0.3, -0.25) is 24.3 Å². The van der Waals surface area contributed by atoms with Crippen molar-refractivity contribution < 1.29 is 24.6 Å². The van der Waals surface area contributed by atoms with Gasteiger partial charge in [0.1, 0.15) is 5.82 Å². The highest BCUT2D eigenvalue weighted by Crippen LogP contribution is 2.21. The van der Waals surface area contributed by atoms with Gasteiger partial charge in [-0.2, -0.15) is 5.10 Å². The normalized spacial score (nSPS) is 19.4. The zero-order valence-corrected chi connectivity index (χ0v) is 14.3. The molecule has 1 aliphatic heterocycles. The van der Waals surface area contributed by atoms with Crippen molar-refractivity contribution in [2.45, 2.75) is 51.7 Å². The molecule has 2 rings (SSSR count). The molecule has 1 aromatic rings. The van der Waals surface area contributed by atoms with E-state index in [0.29, 0.717) is 24.5 Å². The van der Waals surface area contributed by atoms with Gasteiger partial charge >= 0.3 is 5.69 Å². The Kier molecular flexibility index (Phi) is 11.3. The van der Waals surface area contributed by atoms with Crippen molar-refractivity contribution in [2.24, 2.45) is 0 Å². The minimum absolute atomic E-state index is 0.0375. The van der Waals surface area contributed by atoms with Crippen molar-refractivity contribution in [2.75, 3.05) is 6.54 Å². The molecule has 2 atom stereocenters. The van der Waals surface area contributed by atoms with E-state index in [1.165, 1.54) is 6.42 Å². The predicted octanol–water partition coefficient (Wildman–Crippen LogP) is -0.621. The maximum absolute atomic E-state index is 11.9. The summed E-state index contributed by atoms with van der Waals surface area (Å²) in [5, 5.41) is 22.6. The molecule has 1 aromatic heterocycles. The predicted molar refractivity (Wildman–Crippen MR) is 87.9 cm³/mol. The molecule has 25 heavy (non-hydrogen) atoms. The van der Waals surface area contributed by atoms with Gasteiger partial charge < -0.3 is 15.5 Å². The van der Waals surface area contributed by atoms with Gasteiger partial charge in [-0.25, -0.2) is 9.89 Å². The van der Waals surface area contributed by atoms with Crippen LogP contribution in [0.3, 0.4) is 0 Å². The van der Waals surface area contributed by atoms with E-state index in [1.807, 2.05) is 0 Å². The van der Waals surface area contributed by atoms with E-state index in [9.17, 15) is 9.59 Å². The van der Waals surface area contributed by atoms with Crippen LogP contribution in [-0.2, 0) is 20.9 Å². The first kappa shape index (κ1) is 22.3. The Hall–Kier alpha value is -2.69. The van der Waals surface area contributed by atoms with Crippen LogP contribution >= 0.6 is 0 Å². The van der Waals surface area contributed by atoms with Crippen molar-refractivity contribution in [3.63, 3.8) is 0 Å². The molecule has 142 valence electrons. The molecule has 0 aromatic carbocycles. The van der Waals surface area contributed by atoms with E-state index in [-0.39, 0.29) is 31.1 Å². The average Bonchev–Trinajstić information content (AvgIpc) is 2.96. The Labute approximate surface area is 144 Å². The molecule has 5 N–H and O–H groups in total. The number of H-pyrrole nitrogens is 2. The molecule has 0 saturated carbocycles. The first-order valence-electron chi connectivity index (χ1n) is 7.71. The smallest absolute Gasteiger partial charge is 0.340 e. The fourth-order valence-electron chi connectivity index (χ4n) is 2.58. The molecule has 0 radical (unpaired) electrons. The van der Waals surface area contributed by atoms with Gasteiger partial charge in [-0.1, -0.05) is 6.42 Å². The van der Waals surface area contributed by atoms with E-state index >= 15 is 0 Å². The van der Waals surface area contributed by atoms with Gasteiger partial charge in [0, 0.05) is 12.1 Å². The molecule has 0 bridgehead atoms. The first-order valence-corrected chi connectivity index (χ1v) is 7.71. The molecule has 0 aliphatic carbocycles. The molecule has 2 heterocycles. The summed E-state index contributed by atoms with van der Waals surface area (Å²) in [7, 11) is 0. The number of hydrogen-bond acceptors (Lipinski definition) is 6. The third kappa shape index (κ3) is 9.25. The third-order valence-electron chi connectivity index (χ3n) is 3.71. The second-order valence-corrected chi connectivity index (χ2v) is 5.41. The fraction of sp³-hybridized carbons (Fsp3) is 0.643. The molecule has 1 saturated heterocycles. The van der Waals surface area contributed by atoms with Crippen molar-refractivity contribution in [1.29, 1.82) is 0 Å². The van der Waals surface area contributed by atoms with Crippen LogP contribution in [0.1, 0.15) is 38.9 Å². The summed E-state index contributed by atoms with van der Waals surface area (Å²) in [5.74, 6) is 0.405. The SMILES string of the molecule is C[C@@H]1CCC[C@H](C)N1CC(=O)NCc1n[nH]c(=O)[nH]1.O=CO.O=CO. The lowest BCUT2D eigenvalue weighted by Gasteiger charge is -2.38. The van der Waals surface area contributed by atoms with Gasteiger partial charge in [0.05, 0.1) is 13.1 Å². The van der Waals surface area contributed by atoms with Crippen LogP contribution in [0.4, 0.5) is 0 Å². The Morgan fingerprint density at radius 2 is 1.80 bits per heavy atom. The lowest BCUT2D eigenvalue weighted by atomic mass is 9.97. The van der Waals surface area contributed by atoms with Crippen LogP contribution in [0, 0.1) is 0 Å². The Morgan fingerprint density at radius 1 is 1.28 bits per heavy atom. The molecule has 1 aliphatic rings. The minimum Gasteiger partial charge on any atom is -0.483 e. The summed E-state index contributed by atoms with van der Waals surface area (Å²) in [5.41, 5.74) is -0.359. The molecular formula is C14H25N5O6. The molecule has 0 unspecified atom stereocenters. The first-order chi connectivity index (χ1) is 11.9. The fourth-order valence-corrected chi connectivity index (χ4v) is 2.58. The van der Waals surface area contributed by atoms with Crippen molar-refractivity contribution >= 4 is 18.9 Å². The summed E-state index contributed by atoms with van der Waals surface area (Å²) >= 11 is 0. The van der Waals surface area contributed by atoms with E-state index < -0.39 is 0 Å². The summed E-state index contributed by atoms with van der Waals surface area (Å²) in [6.07, 6.45) is 3.52. The summed E-state index contributed by atoms with van der Waals surface area (Å²) in [4.78, 5) is 44.2. The molecular weight excluding hydrogens is 334 g/mol. The topological polar surface area (TPSA) is 168 Å². The number of rotatable bonds is 4. The van der Waals surface area contributed by atoms with E-state index in [0.717, 1.165) is 12.8 Å². The largest absolute Gasteiger partial charge is 0.483 e. The Morgan fingerprint density at radius 3 is 2.24 bits per heavy atom. The van der Waals surface area contributed by atoms with Crippen LogP contribution in [0.5, 0.6) is 0 Å². The molecule has 0 spiro atoms. The molecule has 11 nitrogen and oxygen atoms in total. The van der Waals surface area contributed by atoms with E-state index in [4.69, 9.17) is 19.8 Å². The van der Waals surface area contributed by atoms with Gasteiger partial charge in [-0.05, 0) is 26.7 Å².